The van der Waals surface area contributed by atoms with E-state index < -0.39 is 0 Å². The Morgan fingerprint density at radius 1 is 0.567 bits per heavy atom. The number of pyridine rings is 1. The van der Waals surface area contributed by atoms with E-state index in [-0.39, 0.29) is 49.7 Å². The molecule has 0 amide bonds. The second-order valence-corrected chi connectivity index (χ2v) is 17.4. The zero-order valence-electron chi connectivity index (χ0n) is 37.0. The summed E-state index contributed by atoms with van der Waals surface area (Å²) in [5, 5.41) is 2.14. The van der Waals surface area contributed by atoms with Crippen LogP contribution in [-0.2, 0) is 37.3 Å². The van der Waals surface area contributed by atoms with Crippen LogP contribution in [0.3, 0.4) is 0 Å². The summed E-state index contributed by atoms with van der Waals surface area (Å²) in [6.07, 6.45) is 2.01. The number of aromatic nitrogens is 2. The van der Waals surface area contributed by atoms with Crippen molar-refractivity contribution in [3.8, 4) is 17.3 Å². The number of hydrogen-bond acceptors (Lipinski definition) is 4. The minimum absolute atomic E-state index is 0. The van der Waals surface area contributed by atoms with Crippen LogP contribution < -0.4 is 14.5 Å². The standard InChI is InChI=1S/C54H49N4O.Pt/c1-52(2,3)42-32-44(57-30-29-56(37-57)43-22-16-21-40(31-43)53(4,5)38-17-10-8-11-18-38)35-46(33-42)59-45-25-26-48-47-23-14-15-24-49(47)58(50(48)36-45)51-34-41(27-28-55-51)54(6,7)39-19-12-9-13-20-39;/h8-34,37H,1-7H3;/q-3;/i29D,30D;. The number of fused-ring (bicyclic) bond motifs is 3. The Kier molecular flexibility index (Phi) is 10.2. The van der Waals surface area contributed by atoms with Crippen molar-refractivity contribution in [3.63, 3.8) is 0 Å². The van der Waals surface area contributed by atoms with E-state index in [1.54, 1.807) is 16.5 Å². The maximum Gasteiger partial charge on any atom is 0.135 e. The second kappa shape index (κ2) is 15.9. The molecule has 9 rings (SSSR count). The van der Waals surface area contributed by atoms with Crippen LogP contribution in [0, 0.1) is 18.8 Å². The number of anilines is 2. The third kappa shape index (κ3) is 7.68. The van der Waals surface area contributed by atoms with E-state index in [1.807, 2.05) is 48.7 Å². The van der Waals surface area contributed by atoms with Crippen LogP contribution in [0.25, 0.3) is 27.6 Å². The van der Waals surface area contributed by atoms with Crippen LogP contribution in [0.2, 0.25) is 0 Å². The topological polar surface area (TPSA) is 33.5 Å². The molecular formula is C54H49N4OPt-3. The van der Waals surface area contributed by atoms with Crippen molar-refractivity contribution in [2.24, 2.45) is 0 Å². The zero-order chi connectivity index (χ0) is 42.7. The number of hydrogen-bond donors (Lipinski definition) is 0. The third-order valence-electron chi connectivity index (χ3n) is 11.8. The van der Waals surface area contributed by atoms with Gasteiger partial charge in [0.2, 0.25) is 0 Å². The molecule has 0 saturated heterocycles. The maximum absolute atomic E-state index is 9.16. The fraction of sp³-hybridized carbons (Fsp3) is 0.185. The second-order valence-electron chi connectivity index (χ2n) is 17.4. The summed E-state index contributed by atoms with van der Waals surface area (Å²) in [6, 6.07) is 57.0. The SMILES string of the molecule is [2H]C1=C([2H])N(c2cccc(C(C)(C)c3ccccc3)c2)[CH-]N1c1[c-]c(Oc2[c-]c3c(cc2)c2ccccc2n3-c2cc(C(C)(C)c3ccccc3)ccn2)cc(C(C)(C)C)c1.[Pt]. The molecule has 0 fully saturated rings. The molecule has 0 aliphatic carbocycles. The monoisotopic (exact) mass is 966 g/mol. The average molecular weight is 967 g/mol. The minimum Gasteiger partial charge on any atom is -0.509 e. The van der Waals surface area contributed by atoms with E-state index in [9.17, 15) is 0 Å². The molecule has 5 nitrogen and oxygen atoms in total. The van der Waals surface area contributed by atoms with Crippen molar-refractivity contribution in [1.82, 2.24) is 9.55 Å². The smallest absolute Gasteiger partial charge is 0.135 e. The van der Waals surface area contributed by atoms with Crippen LogP contribution >= 0.6 is 0 Å². The van der Waals surface area contributed by atoms with Crippen LogP contribution in [0.1, 0.15) is 79.0 Å². The van der Waals surface area contributed by atoms with Gasteiger partial charge in [-0.25, -0.2) is 4.98 Å². The Labute approximate surface area is 372 Å². The quantitative estimate of drug-likeness (QED) is 0.135. The van der Waals surface area contributed by atoms with E-state index in [4.69, 9.17) is 12.5 Å². The van der Waals surface area contributed by atoms with Gasteiger partial charge in [0.05, 0.1) is 2.74 Å². The van der Waals surface area contributed by atoms with Crippen molar-refractivity contribution >= 4 is 33.2 Å². The minimum atomic E-state index is -0.262. The molecule has 1 aliphatic rings. The first-order chi connectivity index (χ1) is 29.2. The molecule has 0 radical (unpaired) electrons. The van der Waals surface area contributed by atoms with Crippen molar-refractivity contribution in [3.05, 3.63) is 211 Å². The van der Waals surface area contributed by atoms with Crippen molar-refractivity contribution in [2.75, 3.05) is 9.80 Å². The number of nitrogens with zero attached hydrogens (tertiary/aromatic N) is 4. The average Bonchev–Trinajstić information content (AvgIpc) is 3.76. The number of rotatable bonds is 9. The van der Waals surface area contributed by atoms with Gasteiger partial charge in [-0.15, -0.1) is 53.6 Å². The molecule has 60 heavy (non-hydrogen) atoms. The molecule has 0 unspecified atom stereocenters. The molecule has 0 bridgehead atoms. The van der Waals surface area contributed by atoms with Gasteiger partial charge in [0.15, 0.2) is 0 Å². The number of benzene rings is 6. The van der Waals surface area contributed by atoms with E-state index in [0.29, 0.717) is 17.2 Å². The van der Waals surface area contributed by atoms with Gasteiger partial charge >= 0.3 is 0 Å². The van der Waals surface area contributed by atoms with Crippen molar-refractivity contribution in [2.45, 2.75) is 64.7 Å². The van der Waals surface area contributed by atoms with Gasteiger partial charge in [0.1, 0.15) is 5.82 Å². The summed E-state index contributed by atoms with van der Waals surface area (Å²) < 4.78 is 27.1. The van der Waals surface area contributed by atoms with Crippen molar-refractivity contribution in [1.29, 1.82) is 0 Å². The predicted octanol–water partition coefficient (Wildman–Crippen LogP) is 13.4. The van der Waals surface area contributed by atoms with Crippen LogP contribution in [-0.4, -0.2) is 9.55 Å². The molecule has 0 saturated carbocycles. The summed E-state index contributed by atoms with van der Waals surface area (Å²) in [7, 11) is 0. The van der Waals surface area contributed by atoms with Gasteiger partial charge in [-0.05, 0) is 75.7 Å². The first-order valence-electron chi connectivity index (χ1n) is 21.2. The predicted molar refractivity (Wildman–Crippen MR) is 243 cm³/mol. The maximum atomic E-state index is 9.16. The molecule has 0 spiro atoms. The molecular weight excluding hydrogens is 916 g/mol. The summed E-state index contributed by atoms with van der Waals surface area (Å²) >= 11 is 0. The summed E-state index contributed by atoms with van der Waals surface area (Å²) in [4.78, 5) is 8.38. The Morgan fingerprint density at radius 2 is 1.20 bits per heavy atom. The van der Waals surface area contributed by atoms with Gasteiger partial charge in [0, 0.05) is 60.8 Å². The molecule has 6 heteroatoms. The Morgan fingerprint density at radius 3 is 1.90 bits per heavy atom. The van der Waals surface area contributed by atoms with Gasteiger partial charge < -0.3 is 19.1 Å². The van der Waals surface area contributed by atoms with E-state index in [2.05, 4.69) is 168 Å². The Hall–Kier alpha value is -5.90. The van der Waals surface area contributed by atoms with Crippen molar-refractivity contribution < 1.29 is 28.5 Å². The third-order valence-corrected chi connectivity index (χ3v) is 11.8. The summed E-state index contributed by atoms with van der Waals surface area (Å²) in [5.41, 5.74) is 8.25. The van der Waals surface area contributed by atoms with Gasteiger partial charge in [-0.1, -0.05) is 145 Å². The van der Waals surface area contributed by atoms with E-state index in [1.165, 1.54) is 11.1 Å². The van der Waals surface area contributed by atoms with Gasteiger partial charge in [-0.2, -0.15) is 6.07 Å². The summed E-state index contributed by atoms with van der Waals surface area (Å²) in [5.74, 6) is 1.82. The molecule has 304 valence electrons. The molecule has 2 aromatic heterocycles. The molecule has 0 atom stereocenters. The number of para-hydroxylation sites is 1. The normalized spacial score (nSPS) is 14.1. The molecule has 6 aromatic carbocycles. The fourth-order valence-corrected chi connectivity index (χ4v) is 7.99. The number of ether oxygens (including phenoxy) is 1. The van der Waals surface area contributed by atoms with Crippen LogP contribution in [0.4, 0.5) is 11.4 Å². The molecule has 1 aliphatic heterocycles. The first kappa shape index (κ1) is 38.3. The fourth-order valence-electron chi connectivity index (χ4n) is 7.99. The molecule has 8 aromatic rings. The van der Waals surface area contributed by atoms with E-state index >= 15 is 0 Å². The van der Waals surface area contributed by atoms with E-state index in [0.717, 1.165) is 50.0 Å². The Balaban J connectivity index is 0.00000529. The molecule has 3 heterocycles. The summed E-state index contributed by atoms with van der Waals surface area (Å²) in [6.45, 7) is 17.2. The van der Waals surface area contributed by atoms with Crippen LogP contribution in [0.5, 0.6) is 11.5 Å². The zero-order valence-corrected chi connectivity index (χ0v) is 37.3. The Bertz CT molecular complexity index is 2950. The molecule has 0 N–H and O–H groups in total. The van der Waals surface area contributed by atoms with Crippen LogP contribution in [0.15, 0.2) is 164 Å². The van der Waals surface area contributed by atoms with Gasteiger partial charge in [-0.3, -0.25) is 0 Å². The first-order valence-corrected chi connectivity index (χ1v) is 20.2. The van der Waals surface area contributed by atoms with Gasteiger partial charge in [0.25, 0.3) is 0 Å². The largest absolute Gasteiger partial charge is 0.509 e.